The molecule has 0 saturated carbocycles. The molecule has 0 aliphatic heterocycles. The van der Waals surface area contributed by atoms with E-state index in [2.05, 4.69) is 24.1 Å². The molecule has 0 saturated heterocycles. The van der Waals surface area contributed by atoms with Crippen LogP contribution in [-0.2, 0) is 11.2 Å². The number of oxazole rings is 1. The molecule has 2 atom stereocenters. The number of nitrogens with zero attached hydrogens (tertiary/aromatic N) is 1. The summed E-state index contributed by atoms with van der Waals surface area (Å²) in [6, 6.07) is 0.309. The predicted octanol–water partition coefficient (Wildman–Crippen LogP) is 4.03. The highest BCUT2D eigenvalue weighted by Crippen LogP contribution is 2.23. The lowest BCUT2D eigenvalue weighted by Gasteiger charge is -2.21. The number of aromatic nitrogens is 1. The third kappa shape index (κ3) is 4.46. The van der Waals surface area contributed by atoms with E-state index in [4.69, 9.17) is 4.42 Å². The number of nitrogens with one attached hydrogen (secondary N) is 1. The lowest BCUT2D eigenvalue weighted by Crippen LogP contribution is -2.39. The van der Waals surface area contributed by atoms with Crippen molar-refractivity contribution in [3.63, 3.8) is 0 Å². The number of carbonyl (C=O) groups is 1. The normalized spacial score (nSPS) is 18.6. The van der Waals surface area contributed by atoms with Crippen LogP contribution in [0.4, 0.5) is 0 Å². The minimum atomic E-state index is -0.0389. The molecule has 0 spiro atoms. The van der Waals surface area contributed by atoms with Gasteiger partial charge in [-0.3, -0.25) is 4.79 Å². The molecule has 122 valence electrons. The maximum Gasteiger partial charge on any atom is 0.224 e. The number of hydrogen-bond donors (Lipinski definition) is 1. The van der Waals surface area contributed by atoms with Crippen molar-refractivity contribution < 1.29 is 9.21 Å². The zero-order chi connectivity index (χ0) is 15.9. The maximum atomic E-state index is 12.6. The molecule has 1 aliphatic carbocycles. The van der Waals surface area contributed by atoms with Crippen LogP contribution >= 0.6 is 0 Å². The van der Waals surface area contributed by atoms with E-state index in [0.717, 1.165) is 37.1 Å². The van der Waals surface area contributed by atoms with Gasteiger partial charge < -0.3 is 9.73 Å². The van der Waals surface area contributed by atoms with Crippen LogP contribution in [0.2, 0.25) is 0 Å². The quantitative estimate of drug-likeness (QED) is 0.827. The van der Waals surface area contributed by atoms with Gasteiger partial charge in [-0.15, -0.1) is 0 Å². The molecular weight excluding hydrogens is 276 g/mol. The van der Waals surface area contributed by atoms with Crippen LogP contribution in [0.3, 0.4) is 0 Å². The van der Waals surface area contributed by atoms with Crippen molar-refractivity contribution in [3.05, 3.63) is 23.4 Å². The lowest BCUT2D eigenvalue weighted by atomic mass is 9.98. The zero-order valence-electron chi connectivity index (χ0n) is 14.0. The molecule has 1 aromatic heterocycles. The van der Waals surface area contributed by atoms with Gasteiger partial charge >= 0.3 is 0 Å². The van der Waals surface area contributed by atoms with Gasteiger partial charge in [0.15, 0.2) is 5.89 Å². The van der Waals surface area contributed by atoms with Gasteiger partial charge in [-0.25, -0.2) is 4.98 Å². The molecule has 1 aliphatic rings. The third-order valence-corrected chi connectivity index (χ3v) is 4.22. The summed E-state index contributed by atoms with van der Waals surface area (Å²) in [7, 11) is 0. The summed E-state index contributed by atoms with van der Waals surface area (Å²) in [5, 5.41) is 3.26. The highest BCUT2D eigenvalue weighted by Gasteiger charge is 2.25. The fourth-order valence-corrected chi connectivity index (χ4v) is 3.02. The molecule has 0 fully saturated rings. The Morgan fingerprint density at radius 2 is 2.23 bits per heavy atom. The highest BCUT2D eigenvalue weighted by molar-refractivity contribution is 5.80. The first kappa shape index (κ1) is 16.8. The summed E-state index contributed by atoms with van der Waals surface area (Å²) >= 11 is 0. The minimum absolute atomic E-state index is 0.0389. The molecule has 1 heterocycles. The standard InChI is InChI=1S/C18H28N2O2/c1-4-6-10-15(8-5-2)20-18(21)14-9-7-11-17-16(12-14)19-13(3)22-17/h7,11,14-15H,4-6,8-10,12H2,1-3H3,(H,20,21). The molecule has 2 rings (SSSR count). The molecule has 4 nitrogen and oxygen atoms in total. The fraction of sp³-hybridized carbons (Fsp3) is 0.667. The number of allylic oxidation sites excluding steroid dienone is 1. The molecule has 2 unspecified atom stereocenters. The number of aryl methyl sites for hydroxylation is 1. The smallest absolute Gasteiger partial charge is 0.224 e. The van der Waals surface area contributed by atoms with Gasteiger partial charge in [-0.2, -0.15) is 0 Å². The van der Waals surface area contributed by atoms with Crippen molar-refractivity contribution in [3.8, 4) is 0 Å². The van der Waals surface area contributed by atoms with Crippen molar-refractivity contribution >= 4 is 12.0 Å². The molecule has 0 bridgehead atoms. The average Bonchev–Trinajstić information content (AvgIpc) is 2.71. The SMILES string of the molecule is CCCCC(CCC)NC(=O)C1CC=Cc2oc(C)nc2C1. The fourth-order valence-electron chi connectivity index (χ4n) is 3.02. The van der Waals surface area contributed by atoms with E-state index in [1.54, 1.807) is 0 Å². The first-order valence-electron chi connectivity index (χ1n) is 8.57. The Kier molecular flexibility index (Phi) is 6.22. The van der Waals surface area contributed by atoms with E-state index in [9.17, 15) is 4.79 Å². The molecule has 1 N–H and O–H groups in total. The Bertz CT molecular complexity index is 519. The average molecular weight is 304 g/mol. The molecule has 1 amide bonds. The second-order valence-electron chi connectivity index (χ2n) is 6.22. The first-order valence-corrected chi connectivity index (χ1v) is 8.57. The van der Waals surface area contributed by atoms with E-state index in [1.807, 2.05) is 19.1 Å². The molecule has 22 heavy (non-hydrogen) atoms. The monoisotopic (exact) mass is 304 g/mol. The highest BCUT2D eigenvalue weighted by atomic mass is 16.4. The Morgan fingerprint density at radius 3 is 2.95 bits per heavy atom. The van der Waals surface area contributed by atoms with Gasteiger partial charge in [0, 0.05) is 25.3 Å². The number of rotatable bonds is 7. The molecule has 0 aromatic carbocycles. The summed E-state index contributed by atoms with van der Waals surface area (Å²) in [6.07, 6.45) is 11.0. The number of fused-ring (bicyclic) bond motifs is 1. The van der Waals surface area contributed by atoms with Gasteiger partial charge in [0.25, 0.3) is 0 Å². The van der Waals surface area contributed by atoms with Gasteiger partial charge in [0.1, 0.15) is 5.76 Å². The number of unbranched alkanes of at least 4 members (excludes halogenated alkanes) is 1. The first-order chi connectivity index (χ1) is 10.6. The van der Waals surface area contributed by atoms with E-state index in [0.29, 0.717) is 18.4 Å². The van der Waals surface area contributed by atoms with Gasteiger partial charge in [0.05, 0.1) is 5.69 Å². The van der Waals surface area contributed by atoms with Crippen LogP contribution in [0.15, 0.2) is 10.5 Å². The Balaban J connectivity index is 1.98. The van der Waals surface area contributed by atoms with Crippen LogP contribution in [0.25, 0.3) is 6.08 Å². The van der Waals surface area contributed by atoms with Crippen LogP contribution < -0.4 is 5.32 Å². The minimum Gasteiger partial charge on any atom is -0.441 e. The Labute approximate surface area is 133 Å². The van der Waals surface area contributed by atoms with E-state index in [-0.39, 0.29) is 11.8 Å². The number of amides is 1. The molecule has 4 heteroatoms. The van der Waals surface area contributed by atoms with Crippen molar-refractivity contribution in [2.45, 2.75) is 71.8 Å². The van der Waals surface area contributed by atoms with Gasteiger partial charge in [-0.05, 0) is 25.3 Å². The molecule has 0 radical (unpaired) electrons. The van der Waals surface area contributed by atoms with E-state index >= 15 is 0 Å². The van der Waals surface area contributed by atoms with Gasteiger partial charge in [-0.1, -0.05) is 39.2 Å². The lowest BCUT2D eigenvalue weighted by molar-refractivity contribution is -0.125. The Morgan fingerprint density at radius 1 is 1.41 bits per heavy atom. The summed E-state index contributed by atoms with van der Waals surface area (Å²) in [5.41, 5.74) is 0.909. The van der Waals surface area contributed by atoms with Crippen molar-refractivity contribution in [2.24, 2.45) is 5.92 Å². The topological polar surface area (TPSA) is 55.1 Å². The largest absolute Gasteiger partial charge is 0.441 e. The maximum absolute atomic E-state index is 12.6. The van der Waals surface area contributed by atoms with Crippen LogP contribution in [0.5, 0.6) is 0 Å². The number of carbonyl (C=O) groups excluding carboxylic acids is 1. The summed E-state index contributed by atoms with van der Waals surface area (Å²) in [4.78, 5) is 17.0. The van der Waals surface area contributed by atoms with E-state index in [1.165, 1.54) is 12.8 Å². The second-order valence-corrected chi connectivity index (χ2v) is 6.22. The number of hydrogen-bond acceptors (Lipinski definition) is 3. The summed E-state index contributed by atoms with van der Waals surface area (Å²) < 4.78 is 5.56. The van der Waals surface area contributed by atoms with Crippen molar-refractivity contribution in [1.29, 1.82) is 0 Å². The molecule has 1 aromatic rings. The van der Waals surface area contributed by atoms with Crippen LogP contribution in [-0.4, -0.2) is 16.9 Å². The summed E-state index contributed by atoms with van der Waals surface area (Å²) in [6.45, 7) is 6.21. The summed E-state index contributed by atoms with van der Waals surface area (Å²) in [5.74, 6) is 1.60. The zero-order valence-corrected chi connectivity index (χ0v) is 14.0. The third-order valence-electron chi connectivity index (χ3n) is 4.22. The van der Waals surface area contributed by atoms with Gasteiger partial charge in [0.2, 0.25) is 5.91 Å². The van der Waals surface area contributed by atoms with Crippen molar-refractivity contribution in [1.82, 2.24) is 10.3 Å². The van der Waals surface area contributed by atoms with Crippen LogP contribution in [0, 0.1) is 12.8 Å². The second kappa shape index (κ2) is 8.16. The van der Waals surface area contributed by atoms with Crippen molar-refractivity contribution in [2.75, 3.05) is 0 Å². The predicted molar refractivity (Wildman–Crippen MR) is 88.4 cm³/mol. The van der Waals surface area contributed by atoms with Crippen LogP contribution in [0.1, 0.15) is 69.7 Å². The Hall–Kier alpha value is -1.58. The van der Waals surface area contributed by atoms with E-state index < -0.39 is 0 Å². The molecular formula is C18H28N2O2.